The Morgan fingerprint density at radius 2 is 1.95 bits per heavy atom. The quantitative estimate of drug-likeness (QED) is 0.729. The molecule has 3 aromatic rings. The van der Waals surface area contributed by atoms with Gasteiger partial charge in [-0.15, -0.1) is 22.7 Å². The van der Waals surface area contributed by atoms with Crippen LogP contribution in [0, 0.1) is 6.92 Å². The molecule has 0 fully saturated rings. The van der Waals surface area contributed by atoms with Crippen LogP contribution < -0.4 is 5.32 Å². The molecule has 0 spiro atoms. The summed E-state index contributed by atoms with van der Waals surface area (Å²) >= 11 is 3.47. The molecule has 2 aromatic heterocycles. The number of aromatic nitrogens is 1. The zero-order valence-electron chi connectivity index (χ0n) is 11.3. The second-order valence-electron chi connectivity index (χ2n) is 4.66. The molecule has 1 aromatic carbocycles. The Morgan fingerprint density at radius 3 is 2.70 bits per heavy atom. The van der Waals surface area contributed by atoms with E-state index < -0.39 is 0 Å². The lowest BCUT2D eigenvalue weighted by Crippen LogP contribution is -2.04. The Morgan fingerprint density at radius 1 is 1.10 bits per heavy atom. The summed E-state index contributed by atoms with van der Waals surface area (Å²) in [7, 11) is 0. The Hall–Kier alpha value is -1.65. The number of thiophene rings is 1. The summed E-state index contributed by atoms with van der Waals surface area (Å²) in [5.74, 6) is 0. The SMILES string of the molecule is Cc1ccc(NCCc2csc(-c3cccs3)n2)cc1. The maximum Gasteiger partial charge on any atom is 0.133 e. The Balaban J connectivity index is 1.55. The summed E-state index contributed by atoms with van der Waals surface area (Å²) < 4.78 is 0. The van der Waals surface area contributed by atoms with Crippen molar-refractivity contribution in [3.63, 3.8) is 0 Å². The van der Waals surface area contributed by atoms with Crippen LogP contribution in [-0.4, -0.2) is 11.5 Å². The van der Waals surface area contributed by atoms with Crippen LogP contribution >= 0.6 is 22.7 Å². The predicted octanol–water partition coefficient (Wildman–Crippen LogP) is 4.83. The molecular weight excluding hydrogens is 284 g/mol. The van der Waals surface area contributed by atoms with Crippen molar-refractivity contribution in [3.05, 3.63) is 58.4 Å². The van der Waals surface area contributed by atoms with Gasteiger partial charge in [-0.3, -0.25) is 0 Å². The maximum absolute atomic E-state index is 4.69. The molecule has 102 valence electrons. The monoisotopic (exact) mass is 300 g/mol. The second kappa shape index (κ2) is 6.20. The van der Waals surface area contributed by atoms with Crippen molar-refractivity contribution in [1.82, 2.24) is 4.98 Å². The van der Waals surface area contributed by atoms with E-state index in [0.29, 0.717) is 0 Å². The first-order chi connectivity index (χ1) is 9.81. The van der Waals surface area contributed by atoms with Crippen LogP contribution in [-0.2, 0) is 6.42 Å². The highest BCUT2D eigenvalue weighted by molar-refractivity contribution is 7.20. The Bertz CT molecular complexity index is 654. The highest BCUT2D eigenvalue weighted by Gasteiger charge is 2.05. The van der Waals surface area contributed by atoms with Crippen molar-refractivity contribution in [1.29, 1.82) is 0 Å². The molecule has 0 amide bonds. The van der Waals surface area contributed by atoms with Crippen molar-refractivity contribution < 1.29 is 0 Å². The minimum absolute atomic E-state index is 0.913. The van der Waals surface area contributed by atoms with Gasteiger partial charge in [0.25, 0.3) is 0 Å². The predicted molar refractivity (Wildman–Crippen MR) is 88.8 cm³/mol. The first-order valence-electron chi connectivity index (χ1n) is 6.60. The van der Waals surface area contributed by atoms with E-state index >= 15 is 0 Å². The standard InChI is InChI=1S/C16H16N2S2/c1-12-4-6-13(7-5-12)17-9-8-14-11-20-16(18-14)15-3-2-10-19-15/h2-7,10-11,17H,8-9H2,1H3. The van der Waals surface area contributed by atoms with Gasteiger partial charge in [-0.05, 0) is 30.5 Å². The molecule has 0 bridgehead atoms. The van der Waals surface area contributed by atoms with Crippen molar-refractivity contribution in [3.8, 4) is 9.88 Å². The fourth-order valence-electron chi connectivity index (χ4n) is 1.94. The first kappa shape index (κ1) is 13.3. The number of anilines is 1. The van der Waals surface area contributed by atoms with Crippen LogP contribution in [0.2, 0.25) is 0 Å². The van der Waals surface area contributed by atoms with E-state index in [4.69, 9.17) is 0 Å². The number of aryl methyl sites for hydroxylation is 1. The average molecular weight is 300 g/mol. The summed E-state index contributed by atoms with van der Waals surface area (Å²) in [5, 5.41) is 8.81. The van der Waals surface area contributed by atoms with Gasteiger partial charge in [0.15, 0.2) is 0 Å². The van der Waals surface area contributed by atoms with E-state index in [9.17, 15) is 0 Å². The van der Waals surface area contributed by atoms with Crippen LogP contribution in [0.5, 0.6) is 0 Å². The molecule has 0 aliphatic carbocycles. The summed E-state index contributed by atoms with van der Waals surface area (Å²) in [4.78, 5) is 5.94. The summed E-state index contributed by atoms with van der Waals surface area (Å²) in [6, 6.07) is 12.7. The molecule has 20 heavy (non-hydrogen) atoms. The fraction of sp³-hybridized carbons (Fsp3) is 0.188. The van der Waals surface area contributed by atoms with Crippen molar-refractivity contribution in [2.24, 2.45) is 0 Å². The number of rotatable bonds is 5. The Labute approximate surface area is 127 Å². The zero-order chi connectivity index (χ0) is 13.8. The largest absolute Gasteiger partial charge is 0.385 e. The van der Waals surface area contributed by atoms with Gasteiger partial charge in [0, 0.05) is 24.0 Å². The lowest BCUT2D eigenvalue weighted by Gasteiger charge is -2.05. The molecule has 0 atom stereocenters. The minimum atomic E-state index is 0.913. The topological polar surface area (TPSA) is 24.9 Å². The summed E-state index contributed by atoms with van der Waals surface area (Å²) in [6.07, 6.45) is 0.954. The lowest BCUT2D eigenvalue weighted by molar-refractivity contribution is 0.979. The van der Waals surface area contributed by atoms with Crippen LogP contribution in [0.4, 0.5) is 5.69 Å². The highest BCUT2D eigenvalue weighted by atomic mass is 32.1. The van der Waals surface area contributed by atoms with Gasteiger partial charge >= 0.3 is 0 Å². The molecular formula is C16H16N2S2. The van der Waals surface area contributed by atoms with Crippen molar-refractivity contribution in [2.75, 3.05) is 11.9 Å². The number of benzene rings is 1. The molecule has 2 nitrogen and oxygen atoms in total. The van der Waals surface area contributed by atoms with Gasteiger partial charge in [-0.25, -0.2) is 4.98 Å². The molecule has 4 heteroatoms. The molecule has 2 heterocycles. The van der Waals surface area contributed by atoms with E-state index in [-0.39, 0.29) is 0 Å². The molecule has 0 saturated heterocycles. The van der Waals surface area contributed by atoms with Crippen LogP contribution in [0.25, 0.3) is 9.88 Å². The molecule has 0 radical (unpaired) electrons. The van der Waals surface area contributed by atoms with Gasteiger partial charge in [0.1, 0.15) is 5.01 Å². The zero-order valence-corrected chi connectivity index (χ0v) is 12.9. The highest BCUT2D eigenvalue weighted by Crippen LogP contribution is 2.27. The molecule has 3 rings (SSSR count). The van der Waals surface area contributed by atoms with E-state index in [0.717, 1.165) is 23.7 Å². The van der Waals surface area contributed by atoms with E-state index in [2.05, 4.69) is 64.4 Å². The van der Waals surface area contributed by atoms with E-state index in [1.165, 1.54) is 16.1 Å². The molecule has 0 saturated carbocycles. The van der Waals surface area contributed by atoms with E-state index in [1.807, 2.05) is 0 Å². The van der Waals surface area contributed by atoms with Crippen LogP contribution in [0.15, 0.2) is 47.2 Å². The van der Waals surface area contributed by atoms with Gasteiger partial charge in [0.05, 0.1) is 10.6 Å². The molecule has 1 N–H and O–H groups in total. The fourth-order valence-corrected chi connectivity index (χ4v) is 3.61. The van der Waals surface area contributed by atoms with E-state index in [1.54, 1.807) is 22.7 Å². The Kier molecular flexibility index (Phi) is 4.14. The van der Waals surface area contributed by atoms with Crippen LogP contribution in [0.3, 0.4) is 0 Å². The second-order valence-corrected chi connectivity index (χ2v) is 6.47. The number of hydrogen-bond donors (Lipinski definition) is 1. The van der Waals surface area contributed by atoms with Crippen molar-refractivity contribution in [2.45, 2.75) is 13.3 Å². The molecule has 0 aliphatic heterocycles. The van der Waals surface area contributed by atoms with Crippen LogP contribution in [0.1, 0.15) is 11.3 Å². The van der Waals surface area contributed by atoms with Crippen molar-refractivity contribution >= 4 is 28.4 Å². The summed E-state index contributed by atoms with van der Waals surface area (Å²) in [5.41, 5.74) is 3.62. The smallest absolute Gasteiger partial charge is 0.133 e. The third-order valence-electron chi connectivity index (χ3n) is 3.05. The first-order valence-corrected chi connectivity index (χ1v) is 8.36. The number of nitrogens with zero attached hydrogens (tertiary/aromatic N) is 1. The summed E-state index contributed by atoms with van der Waals surface area (Å²) in [6.45, 7) is 3.02. The van der Waals surface area contributed by atoms with Gasteiger partial charge in [-0.2, -0.15) is 0 Å². The minimum Gasteiger partial charge on any atom is -0.385 e. The third kappa shape index (κ3) is 3.26. The number of hydrogen-bond acceptors (Lipinski definition) is 4. The third-order valence-corrected chi connectivity index (χ3v) is 4.98. The average Bonchev–Trinajstić information content (AvgIpc) is 3.11. The maximum atomic E-state index is 4.69. The van der Waals surface area contributed by atoms with Gasteiger partial charge < -0.3 is 5.32 Å². The van der Waals surface area contributed by atoms with Gasteiger partial charge in [-0.1, -0.05) is 23.8 Å². The molecule has 0 aliphatic rings. The molecule has 0 unspecified atom stereocenters. The van der Waals surface area contributed by atoms with Gasteiger partial charge in [0.2, 0.25) is 0 Å². The number of nitrogens with one attached hydrogen (secondary N) is 1. The lowest BCUT2D eigenvalue weighted by atomic mass is 10.2. The normalized spacial score (nSPS) is 10.7. The number of thiazole rings is 1.